The topological polar surface area (TPSA) is 75.6 Å². The maximum absolute atomic E-state index is 12.8. The fourth-order valence-corrected chi connectivity index (χ4v) is 1.63. The van der Waals surface area contributed by atoms with Crippen molar-refractivity contribution in [2.45, 2.75) is 18.2 Å². The molecule has 9 heteroatoms. The summed E-state index contributed by atoms with van der Waals surface area (Å²) in [5, 5.41) is 11.6. The molecule has 1 aromatic carbocycles. The van der Waals surface area contributed by atoms with Gasteiger partial charge in [-0.15, -0.1) is 0 Å². The number of nitrogens with one attached hydrogen (secondary N) is 1. The van der Waals surface area contributed by atoms with Crippen LogP contribution in [-0.4, -0.2) is 35.9 Å². The van der Waals surface area contributed by atoms with E-state index in [0.29, 0.717) is 7.11 Å². The fourth-order valence-electron chi connectivity index (χ4n) is 1.45. The number of alkyl halides is 3. The van der Waals surface area contributed by atoms with Gasteiger partial charge in [0.25, 0.3) is 5.60 Å². The molecule has 0 aromatic heterocycles. The van der Waals surface area contributed by atoms with Crippen LogP contribution in [0.1, 0.15) is 6.42 Å². The van der Waals surface area contributed by atoms with Crippen molar-refractivity contribution in [3.63, 3.8) is 0 Å². The van der Waals surface area contributed by atoms with Crippen LogP contribution < -0.4 is 5.32 Å². The molecule has 0 saturated carbocycles. The van der Waals surface area contributed by atoms with Gasteiger partial charge in [0.1, 0.15) is 0 Å². The van der Waals surface area contributed by atoms with Crippen molar-refractivity contribution in [2.75, 3.05) is 12.4 Å². The highest BCUT2D eigenvalue weighted by Gasteiger charge is 2.61. The Morgan fingerprint density at radius 2 is 1.90 bits per heavy atom. The molecule has 116 valence electrons. The third kappa shape index (κ3) is 3.85. The summed E-state index contributed by atoms with van der Waals surface area (Å²) in [6.07, 6.45) is -6.91. The van der Waals surface area contributed by atoms with E-state index >= 15 is 0 Å². The number of amides is 1. The van der Waals surface area contributed by atoms with Crippen LogP contribution in [0.4, 0.5) is 18.9 Å². The summed E-state index contributed by atoms with van der Waals surface area (Å²) >= 11 is 5.73. The summed E-state index contributed by atoms with van der Waals surface area (Å²) < 4.78 is 42.2. The number of carbonyl (C=O) groups excluding carboxylic acids is 2. The summed E-state index contributed by atoms with van der Waals surface area (Å²) in [7, 11) is 0.672. The zero-order chi connectivity index (χ0) is 16.3. The Morgan fingerprint density at radius 3 is 2.38 bits per heavy atom. The van der Waals surface area contributed by atoms with Gasteiger partial charge in [0.15, 0.2) is 0 Å². The minimum Gasteiger partial charge on any atom is -0.467 e. The first kappa shape index (κ1) is 17.3. The van der Waals surface area contributed by atoms with Crippen molar-refractivity contribution in [1.82, 2.24) is 0 Å². The van der Waals surface area contributed by atoms with Gasteiger partial charge in [-0.05, 0) is 12.1 Å². The number of para-hydroxylation sites is 1. The first-order valence-electron chi connectivity index (χ1n) is 5.53. The number of benzene rings is 1. The number of methoxy groups -OCH3 is 1. The lowest BCUT2D eigenvalue weighted by Crippen LogP contribution is -2.54. The largest absolute Gasteiger partial charge is 0.467 e. The molecule has 0 aliphatic heterocycles. The van der Waals surface area contributed by atoms with Crippen LogP contribution in [0.5, 0.6) is 0 Å². The number of aliphatic hydroxyl groups is 1. The van der Waals surface area contributed by atoms with E-state index in [-0.39, 0.29) is 10.7 Å². The molecule has 0 bridgehead atoms. The number of esters is 1. The molecule has 2 N–H and O–H groups in total. The Bertz CT molecular complexity index is 550. The monoisotopic (exact) mass is 325 g/mol. The van der Waals surface area contributed by atoms with E-state index in [1.165, 1.54) is 18.2 Å². The van der Waals surface area contributed by atoms with Crippen LogP contribution >= 0.6 is 11.6 Å². The number of hydrogen-bond donors (Lipinski definition) is 2. The van der Waals surface area contributed by atoms with Crippen LogP contribution in [0, 0.1) is 0 Å². The van der Waals surface area contributed by atoms with Gasteiger partial charge >= 0.3 is 12.1 Å². The van der Waals surface area contributed by atoms with Crippen LogP contribution in [0.15, 0.2) is 24.3 Å². The van der Waals surface area contributed by atoms with Gasteiger partial charge in [-0.2, -0.15) is 13.2 Å². The van der Waals surface area contributed by atoms with Crippen molar-refractivity contribution >= 4 is 29.2 Å². The van der Waals surface area contributed by atoms with Crippen LogP contribution in [0.2, 0.25) is 5.02 Å². The van der Waals surface area contributed by atoms with Gasteiger partial charge < -0.3 is 15.2 Å². The normalized spacial score (nSPS) is 14.2. The highest BCUT2D eigenvalue weighted by molar-refractivity contribution is 6.33. The maximum atomic E-state index is 12.8. The molecule has 0 heterocycles. The SMILES string of the molecule is COC(=O)[C@@](O)(CC(=O)Nc1ccccc1Cl)C(F)(F)F. The Morgan fingerprint density at radius 1 is 1.33 bits per heavy atom. The second kappa shape index (κ2) is 6.31. The van der Waals surface area contributed by atoms with E-state index in [1.54, 1.807) is 6.07 Å². The van der Waals surface area contributed by atoms with Crippen LogP contribution in [-0.2, 0) is 14.3 Å². The lowest BCUT2D eigenvalue weighted by atomic mass is 9.98. The molecule has 1 rings (SSSR count). The fraction of sp³-hybridized carbons (Fsp3) is 0.333. The summed E-state index contributed by atoms with van der Waals surface area (Å²) in [5.41, 5.74) is -3.87. The van der Waals surface area contributed by atoms with Gasteiger partial charge in [0.05, 0.1) is 24.2 Å². The summed E-state index contributed by atoms with van der Waals surface area (Å²) in [6, 6.07) is 5.81. The Labute approximate surface area is 122 Å². The molecule has 0 aliphatic carbocycles. The van der Waals surface area contributed by atoms with E-state index in [9.17, 15) is 27.9 Å². The smallest absolute Gasteiger partial charge is 0.428 e. The highest BCUT2D eigenvalue weighted by atomic mass is 35.5. The van der Waals surface area contributed by atoms with Gasteiger partial charge in [-0.1, -0.05) is 23.7 Å². The van der Waals surface area contributed by atoms with Crippen molar-refractivity contribution in [3.8, 4) is 0 Å². The van der Waals surface area contributed by atoms with Gasteiger partial charge in [-0.25, -0.2) is 4.79 Å². The minimum absolute atomic E-state index is 0.0542. The van der Waals surface area contributed by atoms with Gasteiger partial charge in [0.2, 0.25) is 5.91 Å². The molecule has 0 saturated heterocycles. The predicted octanol–water partition coefficient (Wildman–Crippen LogP) is 2.13. The van der Waals surface area contributed by atoms with Crippen LogP contribution in [0.25, 0.3) is 0 Å². The number of hydrogen-bond acceptors (Lipinski definition) is 4. The molecular formula is C12H11ClF3NO4. The molecule has 0 radical (unpaired) electrons. The summed E-state index contributed by atoms with van der Waals surface area (Å²) in [5.74, 6) is -3.21. The van der Waals surface area contributed by atoms with Crippen LogP contribution in [0.3, 0.4) is 0 Å². The van der Waals surface area contributed by atoms with E-state index in [2.05, 4.69) is 10.1 Å². The molecule has 0 aliphatic rings. The molecule has 5 nitrogen and oxygen atoms in total. The first-order chi connectivity index (χ1) is 9.61. The molecule has 1 aromatic rings. The van der Waals surface area contributed by atoms with E-state index < -0.39 is 30.1 Å². The maximum Gasteiger partial charge on any atom is 0.428 e. The minimum atomic E-state index is -5.36. The van der Waals surface area contributed by atoms with E-state index in [0.717, 1.165) is 0 Å². The zero-order valence-electron chi connectivity index (χ0n) is 10.7. The first-order valence-corrected chi connectivity index (χ1v) is 5.91. The number of ether oxygens (including phenoxy) is 1. The number of rotatable bonds is 4. The molecule has 1 atom stereocenters. The lowest BCUT2D eigenvalue weighted by molar-refractivity contribution is -0.261. The molecule has 1 amide bonds. The molecule has 0 fully saturated rings. The number of anilines is 1. The molecular weight excluding hydrogens is 315 g/mol. The average molecular weight is 326 g/mol. The van der Waals surface area contributed by atoms with Gasteiger partial charge in [0, 0.05) is 0 Å². The third-order valence-electron chi connectivity index (χ3n) is 2.56. The second-order valence-electron chi connectivity index (χ2n) is 4.05. The Hall–Kier alpha value is -1.80. The van der Waals surface area contributed by atoms with Crippen molar-refractivity contribution in [1.29, 1.82) is 0 Å². The van der Waals surface area contributed by atoms with E-state index in [1.807, 2.05) is 0 Å². The van der Waals surface area contributed by atoms with Gasteiger partial charge in [-0.3, -0.25) is 4.79 Å². The predicted molar refractivity (Wildman–Crippen MR) is 67.7 cm³/mol. The standard InChI is InChI=1S/C12H11ClF3NO4/c1-21-10(19)11(20,12(14,15)16)6-9(18)17-8-5-3-2-4-7(8)13/h2-5,20H,6H2,1H3,(H,17,18)/t11-/m0/s1. The highest BCUT2D eigenvalue weighted by Crippen LogP contribution is 2.34. The average Bonchev–Trinajstić information content (AvgIpc) is 2.39. The van der Waals surface area contributed by atoms with Crippen molar-refractivity contribution in [2.24, 2.45) is 0 Å². The molecule has 0 spiro atoms. The molecule has 0 unspecified atom stereocenters. The Kier molecular flexibility index (Phi) is 5.19. The summed E-state index contributed by atoms with van der Waals surface area (Å²) in [6.45, 7) is 0. The van der Waals surface area contributed by atoms with Crippen molar-refractivity contribution in [3.05, 3.63) is 29.3 Å². The second-order valence-corrected chi connectivity index (χ2v) is 4.46. The number of halogens is 4. The third-order valence-corrected chi connectivity index (χ3v) is 2.89. The Balaban J connectivity index is 2.93. The van der Waals surface area contributed by atoms with E-state index in [4.69, 9.17) is 11.6 Å². The summed E-state index contributed by atoms with van der Waals surface area (Å²) in [4.78, 5) is 22.7. The number of carbonyl (C=O) groups is 2. The zero-order valence-corrected chi connectivity index (χ0v) is 11.5. The quantitative estimate of drug-likeness (QED) is 0.832. The molecule has 21 heavy (non-hydrogen) atoms. The van der Waals surface area contributed by atoms with Crippen molar-refractivity contribution < 1.29 is 32.6 Å². The lowest BCUT2D eigenvalue weighted by Gasteiger charge is -2.26.